The molecule has 0 aliphatic rings. The van der Waals surface area contributed by atoms with Crippen LogP contribution in [0.1, 0.15) is 5.56 Å². The lowest BCUT2D eigenvalue weighted by Crippen LogP contribution is -2.28. The van der Waals surface area contributed by atoms with Crippen molar-refractivity contribution >= 4 is 39.5 Å². The Morgan fingerprint density at radius 2 is 2.33 bits per heavy atom. The summed E-state index contributed by atoms with van der Waals surface area (Å²) in [6, 6.07) is 5.30. The van der Waals surface area contributed by atoms with Crippen LogP contribution in [-0.2, 0) is 0 Å². The summed E-state index contributed by atoms with van der Waals surface area (Å²) in [7, 11) is 1.70. The number of halogens is 1. The monoisotopic (exact) mass is 287 g/mol. The summed E-state index contributed by atoms with van der Waals surface area (Å²) in [5.41, 5.74) is 3.20. The Bertz CT molecular complexity index is 395. The average molecular weight is 288 g/mol. The standard InChI is InChI=1S/C9H10BrN3OS/c1-11-9(15)13-12-5-6-3-2-4-7(10)8(6)14/h2-5,14H,1H3,(H2,11,13,15). The molecule has 0 fully saturated rings. The minimum absolute atomic E-state index is 0.151. The highest BCUT2D eigenvalue weighted by atomic mass is 79.9. The van der Waals surface area contributed by atoms with Crippen molar-refractivity contribution in [3.63, 3.8) is 0 Å². The largest absolute Gasteiger partial charge is 0.506 e. The summed E-state index contributed by atoms with van der Waals surface area (Å²) in [5.74, 6) is 0.151. The maximum absolute atomic E-state index is 9.61. The summed E-state index contributed by atoms with van der Waals surface area (Å²) in [4.78, 5) is 0. The lowest BCUT2D eigenvalue weighted by Gasteiger charge is -2.02. The molecule has 0 aromatic heterocycles. The van der Waals surface area contributed by atoms with E-state index in [9.17, 15) is 5.11 Å². The molecule has 0 aliphatic heterocycles. The Labute approximate surface area is 102 Å². The number of phenols is 1. The number of nitrogens with one attached hydrogen (secondary N) is 2. The third kappa shape index (κ3) is 3.49. The summed E-state index contributed by atoms with van der Waals surface area (Å²) in [6.07, 6.45) is 1.49. The molecule has 0 amide bonds. The van der Waals surface area contributed by atoms with Gasteiger partial charge < -0.3 is 10.4 Å². The Kier molecular flexibility index (Phi) is 4.51. The molecule has 0 saturated carbocycles. The van der Waals surface area contributed by atoms with Crippen LogP contribution in [0.2, 0.25) is 0 Å². The van der Waals surface area contributed by atoms with E-state index < -0.39 is 0 Å². The number of phenolic OH excluding ortho intramolecular Hbond substituents is 1. The summed E-state index contributed by atoms with van der Waals surface area (Å²) >= 11 is 8.03. The number of benzene rings is 1. The minimum atomic E-state index is 0.151. The van der Waals surface area contributed by atoms with Crippen molar-refractivity contribution < 1.29 is 5.11 Å². The van der Waals surface area contributed by atoms with Gasteiger partial charge in [-0.3, -0.25) is 5.43 Å². The number of para-hydroxylation sites is 1. The first kappa shape index (κ1) is 11.9. The molecule has 0 atom stereocenters. The van der Waals surface area contributed by atoms with E-state index in [4.69, 9.17) is 12.2 Å². The van der Waals surface area contributed by atoms with Gasteiger partial charge in [0.2, 0.25) is 0 Å². The summed E-state index contributed by atoms with van der Waals surface area (Å²) in [6.45, 7) is 0. The molecule has 0 bridgehead atoms. The van der Waals surface area contributed by atoms with Crippen LogP contribution in [0.5, 0.6) is 5.75 Å². The maximum atomic E-state index is 9.61. The first-order valence-corrected chi connectivity index (χ1v) is 5.33. The molecule has 0 heterocycles. The van der Waals surface area contributed by atoms with E-state index >= 15 is 0 Å². The number of nitrogens with zero attached hydrogens (tertiary/aromatic N) is 1. The van der Waals surface area contributed by atoms with Crippen LogP contribution < -0.4 is 10.7 Å². The second kappa shape index (κ2) is 5.67. The first-order valence-electron chi connectivity index (χ1n) is 4.13. The molecule has 1 aromatic carbocycles. The molecule has 6 heteroatoms. The molecule has 0 saturated heterocycles. The molecule has 0 unspecified atom stereocenters. The van der Waals surface area contributed by atoms with Gasteiger partial charge in [-0.25, -0.2) is 0 Å². The number of thiocarbonyl (C=S) groups is 1. The molecular weight excluding hydrogens is 278 g/mol. The minimum Gasteiger partial charge on any atom is -0.506 e. The van der Waals surface area contributed by atoms with E-state index in [2.05, 4.69) is 31.8 Å². The first-order chi connectivity index (χ1) is 7.15. The second-order valence-electron chi connectivity index (χ2n) is 2.63. The fourth-order valence-corrected chi connectivity index (χ4v) is 1.29. The van der Waals surface area contributed by atoms with Gasteiger partial charge in [0.25, 0.3) is 0 Å². The zero-order valence-electron chi connectivity index (χ0n) is 7.99. The van der Waals surface area contributed by atoms with Gasteiger partial charge in [-0.1, -0.05) is 6.07 Å². The Hall–Kier alpha value is -1.14. The van der Waals surface area contributed by atoms with Gasteiger partial charge in [0, 0.05) is 12.6 Å². The lowest BCUT2D eigenvalue weighted by atomic mass is 10.2. The van der Waals surface area contributed by atoms with Crippen molar-refractivity contribution in [3.05, 3.63) is 28.2 Å². The van der Waals surface area contributed by atoms with Gasteiger partial charge in [-0.15, -0.1) is 0 Å². The number of hydrogen-bond donors (Lipinski definition) is 3. The van der Waals surface area contributed by atoms with Crippen LogP contribution in [0.15, 0.2) is 27.8 Å². The zero-order valence-corrected chi connectivity index (χ0v) is 10.4. The zero-order chi connectivity index (χ0) is 11.3. The van der Waals surface area contributed by atoms with Crippen LogP contribution >= 0.6 is 28.1 Å². The van der Waals surface area contributed by atoms with Crippen LogP contribution in [0.25, 0.3) is 0 Å². The van der Waals surface area contributed by atoms with Crippen LogP contribution in [-0.4, -0.2) is 23.5 Å². The predicted molar refractivity (Wildman–Crippen MR) is 68.2 cm³/mol. The van der Waals surface area contributed by atoms with Crippen LogP contribution in [0, 0.1) is 0 Å². The molecular formula is C9H10BrN3OS. The van der Waals surface area contributed by atoms with E-state index in [1.165, 1.54) is 6.21 Å². The summed E-state index contributed by atoms with van der Waals surface area (Å²) < 4.78 is 0.627. The number of hydrogen-bond acceptors (Lipinski definition) is 3. The third-order valence-electron chi connectivity index (χ3n) is 1.61. The highest BCUT2D eigenvalue weighted by molar-refractivity contribution is 9.10. The van der Waals surface area contributed by atoms with Gasteiger partial charge >= 0.3 is 0 Å². The van der Waals surface area contributed by atoms with Crippen molar-refractivity contribution in [2.75, 3.05) is 7.05 Å². The Balaban J connectivity index is 2.72. The summed E-state index contributed by atoms with van der Waals surface area (Å²) in [5, 5.41) is 16.6. The lowest BCUT2D eigenvalue weighted by molar-refractivity contribution is 0.471. The topological polar surface area (TPSA) is 56.7 Å². The van der Waals surface area contributed by atoms with E-state index in [-0.39, 0.29) is 5.75 Å². The number of rotatable bonds is 2. The maximum Gasteiger partial charge on any atom is 0.186 e. The SMILES string of the molecule is CNC(=S)NN=Cc1cccc(Br)c1O. The highest BCUT2D eigenvalue weighted by Crippen LogP contribution is 2.25. The van der Waals surface area contributed by atoms with Gasteiger partial charge in [0.05, 0.1) is 10.7 Å². The van der Waals surface area contributed by atoms with Crippen molar-refractivity contribution in [3.8, 4) is 5.75 Å². The quantitative estimate of drug-likeness (QED) is 0.439. The third-order valence-corrected chi connectivity index (χ3v) is 2.55. The second-order valence-corrected chi connectivity index (χ2v) is 3.89. The van der Waals surface area contributed by atoms with Crippen molar-refractivity contribution in [1.29, 1.82) is 0 Å². The average Bonchev–Trinajstić information content (AvgIpc) is 2.24. The van der Waals surface area contributed by atoms with Crippen LogP contribution in [0.4, 0.5) is 0 Å². The molecule has 0 spiro atoms. The van der Waals surface area contributed by atoms with Gasteiger partial charge in [0.15, 0.2) is 5.11 Å². The molecule has 0 aliphatic carbocycles. The smallest absolute Gasteiger partial charge is 0.186 e. The van der Waals surface area contributed by atoms with Crippen molar-refractivity contribution in [1.82, 2.24) is 10.7 Å². The Morgan fingerprint density at radius 3 is 3.00 bits per heavy atom. The van der Waals surface area contributed by atoms with Crippen molar-refractivity contribution in [2.45, 2.75) is 0 Å². The van der Waals surface area contributed by atoms with E-state index in [0.29, 0.717) is 15.1 Å². The van der Waals surface area contributed by atoms with E-state index in [1.807, 2.05) is 6.07 Å². The molecule has 15 heavy (non-hydrogen) atoms. The van der Waals surface area contributed by atoms with Gasteiger partial charge in [0.1, 0.15) is 5.75 Å². The van der Waals surface area contributed by atoms with Crippen LogP contribution in [0.3, 0.4) is 0 Å². The molecule has 0 radical (unpaired) electrons. The van der Waals surface area contributed by atoms with Gasteiger partial charge in [-0.2, -0.15) is 5.10 Å². The molecule has 4 nitrogen and oxygen atoms in total. The number of aromatic hydroxyl groups is 1. The van der Waals surface area contributed by atoms with E-state index in [1.54, 1.807) is 19.2 Å². The fraction of sp³-hybridized carbons (Fsp3) is 0.111. The van der Waals surface area contributed by atoms with Crippen molar-refractivity contribution in [2.24, 2.45) is 5.10 Å². The number of hydrazone groups is 1. The molecule has 3 N–H and O–H groups in total. The Morgan fingerprint density at radius 1 is 1.60 bits per heavy atom. The van der Waals surface area contributed by atoms with E-state index in [0.717, 1.165) is 0 Å². The fourth-order valence-electron chi connectivity index (χ4n) is 0.853. The molecule has 1 aromatic rings. The predicted octanol–water partition coefficient (Wildman–Crippen LogP) is 1.58. The molecule has 80 valence electrons. The van der Waals surface area contributed by atoms with Gasteiger partial charge in [-0.05, 0) is 40.3 Å². The highest BCUT2D eigenvalue weighted by Gasteiger charge is 2.01. The molecule has 1 rings (SSSR count). The normalized spacial score (nSPS) is 10.3.